The van der Waals surface area contributed by atoms with E-state index in [-0.39, 0.29) is 10.8 Å². The SMILES string of the molecule is COc1ccc(Cl)cc1NC(=O)c1ccc(Cl)nn1. The van der Waals surface area contributed by atoms with E-state index in [1.54, 1.807) is 18.2 Å². The summed E-state index contributed by atoms with van der Waals surface area (Å²) in [5.74, 6) is 0.0735. The molecule has 7 heteroatoms. The van der Waals surface area contributed by atoms with Crippen LogP contribution < -0.4 is 10.1 Å². The molecule has 1 heterocycles. The molecule has 2 aromatic rings. The lowest BCUT2D eigenvalue weighted by Gasteiger charge is -2.09. The van der Waals surface area contributed by atoms with E-state index in [1.807, 2.05) is 0 Å². The molecular formula is C12H9Cl2N3O2. The zero-order valence-electron chi connectivity index (χ0n) is 9.85. The monoisotopic (exact) mass is 297 g/mol. The molecule has 19 heavy (non-hydrogen) atoms. The Bertz CT molecular complexity index is 602. The first-order valence-electron chi connectivity index (χ1n) is 5.24. The fraction of sp³-hybridized carbons (Fsp3) is 0.0833. The number of hydrogen-bond donors (Lipinski definition) is 1. The van der Waals surface area contributed by atoms with Gasteiger partial charge in [-0.1, -0.05) is 23.2 Å². The number of ether oxygens (including phenoxy) is 1. The summed E-state index contributed by atoms with van der Waals surface area (Å²) in [6.07, 6.45) is 0. The fourth-order valence-electron chi connectivity index (χ4n) is 1.40. The van der Waals surface area contributed by atoms with Crippen molar-refractivity contribution in [1.82, 2.24) is 10.2 Å². The molecule has 0 saturated carbocycles. The zero-order chi connectivity index (χ0) is 13.8. The average Bonchev–Trinajstić information content (AvgIpc) is 2.39. The molecule has 0 unspecified atom stereocenters. The predicted octanol–water partition coefficient (Wildman–Crippen LogP) is 3.04. The molecule has 98 valence electrons. The first kappa shape index (κ1) is 13.6. The maximum atomic E-state index is 11.9. The lowest BCUT2D eigenvalue weighted by molar-refractivity contribution is 0.102. The molecule has 0 saturated heterocycles. The van der Waals surface area contributed by atoms with E-state index in [0.29, 0.717) is 16.5 Å². The molecule has 0 aliphatic carbocycles. The topological polar surface area (TPSA) is 64.1 Å². The van der Waals surface area contributed by atoms with Crippen LogP contribution in [-0.2, 0) is 0 Å². The first-order valence-corrected chi connectivity index (χ1v) is 6.00. The van der Waals surface area contributed by atoms with Crippen molar-refractivity contribution in [2.24, 2.45) is 0 Å². The Kier molecular flexibility index (Phi) is 4.19. The maximum absolute atomic E-state index is 11.9. The normalized spacial score (nSPS) is 10.1. The van der Waals surface area contributed by atoms with E-state index >= 15 is 0 Å². The van der Waals surface area contributed by atoms with Crippen molar-refractivity contribution in [3.05, 3.63) is 46.2 Å². The van der Waals surface area contributed by atoms with Crippen LogP contribution in [-0.4, -0.2) is 23.2 Å². The third-order valence-electron chi connectivity index (χ3n) is 2.27. The van der Waals surface area contributed by atoms with Gasteiger partial charge in [-0.15, -0.1) is 10.2 Å². The maximum Gasteiger partial charge on any atom is 0.276 e. The van der Waals surface area contributed by atoms with Crippen molar-refractivity contribution >= 4 is 34.8 Å². The summed E-state index contributed by atoms with van der Waals surface area (Å²) in [5, 5.41) is 10.6. The quantitative estimate of drug-likeness (QED) is 0.946. The number of hydrogen-bond acceptors (Lipinski definition) is 4. The molecule has 0 spiro atoms. The fourth-order valence-corrected chi connectivity index (χ4v) is 1.67. The molecule has 5 nitrogen and oxygen atoms in total. The van der Waals surface area contributed by atoms with E-state index in [4.69, 9.17) is 27.9 Å². The van der Waals surface area contributed by atoms with Crippen molar-refractivity contribution in [2.45, 2.75) is 0 Å². The Morgan fingerprint density at radius 1 is 1.21 bits per heavy atom. The Labute approximate surface area is 119 Å². The number of carbonyl (C=O) groups is 1. The number of benzene rings is 1. The van der Waals surface area contributed by atoms with Gasteiger partial charge in [-0.25, -0.2) is 0 Å². The van der Waals surface area contributed by atoms with Gasteiger partial charge in [-0.3, -0.25) is 4.79 Å². The summed E-state index contributed by atoms with van der Waals surface area (Å²) < 4.78 is 5.13. The molecule has 0 atom stereocenters. The van der Waals surface area contributed by atoms with Gasteiger partial charge in [-0.05, 0) is 30.3 Å². The van der Waals surface area contributed by atoms with Crippen molar-refractivity contribution in [1.29, 1.82) is 0 Å². The number of amides is 1. The lowest BCUT2D eigenvalue weighted by Crippen LogP contribution is -2.14. The number of nitrogens with one attached hydrogen (secondary N) is 1. The standard InChI is InChI=1S/C12H9Cl2N3O2/c1-19-10-4-2-7(13)6-9(10)15-12(18)8-3-5-11(14)17-16-8/h2-6H,1H3,(H,15,18). The molecule has 0 bridgehead atoms. The second-order valence-electron chi connectivity index (χ2n) is 3.54. The van der Waals surface area contributed by atoms with E-state index in [9.17, 15) is 4.79 Å². The molecule has 0 aliphatic heterocycles. The summed E-state index contributed by atoms with van der Waals surface area (Å²) in [6.45, 7) is 0. The van der Waals surface area contributed by atoms with Gasteiger partial charge in [0.2, 0.25) is 0 Å². The van der Waals surface area contributed by atoms with Gasteiger partial charge in [0.15, 0.2) is 10.8 Å². The predicted molar refractivity (Wildman–Crippen MR) is 73.0 cm³/mol. The van der Waals surface area contributed by atoms with Crippen LogP contribution >= 0.6 is 23.2 Å². The van der Waals surface area contributed by atoms with Crippen LogP contribution in [0.5, 0.6) is 5.75 Å². The third-order valence-corrected chi connectivity index (χ3v) is 2.71. The number of nitrogens with zero attached hydrogens (tertiary/aromatic N) is 2. The third kappa shape index (κ3) is 3.33. The van der Waals surface area contributed by atoms with Crippen molar-refractivity contribution in [2.75, 3.05) is 12.4 Å². The van der Waals surface area contributed by atoms with Crippen LogP contribution in [0.1, 0.15) is 10.5 Å². The molecule has 2 rings (SSSR count). The number of anilines is 1. The largest absolute Gasteiger partial charge is 0.495 e. The summed E-state index contributed by atoms with van der Waals surface area (Å²) in [7, 11) is 1.50. The van der Waals surface area contributed by atoms with Crippen LogP contribution in [0.15, 0.2) is 30.3 Å². The Morgan fingerprint density at radius 3 is 2.63 bits per heavy atom. The average molecular weight is 298 g/mol. The zero-order valence-corrected chi connectivity index (χ0v) is 11.4. The summed E-state index contributed by atoms with van der Waals surface area (Å²) in [5.41, 5.74) is 0.600. The van der Waals surface area contributed by atoms with Gasteiger partial charge in [0, 0.05) is 5.02 Å². The number of aromatic nitrogens is 2. The highest BCUT2D eigenvalue weighted by Gasteiger charge is 2.12. The molecular weight excluding hydrogens is 289 g/mol. The van der Waals surface area contributed by atoms with Gasteiger partial charge in [0.05, 0.1) is 12.8 Å². The van der Waals surface area contributed by atoms with Crippen LogP contribution in [0.3, 0.4) is 0 Å². The van der Waals surface area contributed by atoms with E-state index in [1.165, 1.54) is 19.2 Å². The highest BCUT2D eigenvalue weighted by molar-refractivity contribution is 6.31. The minimum atomic E-state index is -0.426. The second-order valence-corrected chi connectivity index (χ2v) is 4.36. The van der Waals surface area contributed by atoms with Gasteiger partial charge in [0.1, 0.15) is 5.75 Å². The summed E-state index contributed by atoms with van der Waals surface area (Å²) in [6, 6.07) is 7.87. The van der Waals surface area contributed by atoms with E-state index in [2.05, 4.69) is 15.5 Å². The molecule has 1 aromatic heterocycles. The number of halogens is 2. The van der Waals surface area contributed by atoms with Crippen LogP contribution in [0, 0.1) is 0 Å². The van der Waals surface area contributed by atoms with Gasteiger partial charge in [-0.2, -0.15) is 0 Å². The van der Waals surface area contributed by atoms with Gasteiger partial charge >= 0.3 is 0 Å². The Balaban J connectivity index is 2.23. The number of carbonyl (C=O) groups excluding carboxylic acids is 1. The van der Waals surface area contributed by atoms with Crippen LogP contribution in [0.25, 0.3) is 0 Å². The van der Waals surface area contributed by atoms with Gasteiger partial charge in [0.25, 0.3) is 5.91 Å². The highest BCUT2D eigenvalue weighted by Crippen LogP contribution is 2.27. The van der Waals surface area contributed by atoms with Crippen molar-refractivity contribution in [3.63, 3.8) is 0 Å². The highest BCUT2D eigenvalue weighted by atomic mass is 35.5. The minimum absolute atomic E-state index is 0.145. The van der Waals surface area contributed by atoms with Crippen LogP contribution in [0.4, 0.5) is 5.69 Å². The van der Waals surface area contributed by atoms with E-state index < -0.39 is 5.91 Å². The Morgan fingerprint density at radius 2 is 2.00 bits per heavy atom. The molecule has 1 aromatic carbocycles. The molecule has 0 fully saturated rings. The Hall–Kier alpha value is -1.85. The van der Waals surface area contributed by atoms with Crippen LogP contribution in [0.2, 0.25) is 10.2 Å². The summed E-state index contributed by atoms with van der Waals surface area (Å²) in [4.78, 5) is 11.9. The molecule has 0 radical (unpaired) electrons. The van der Waals surface area contributed by atoms with E-state index in [0.717, 1.165) is 0 Å². The van der Waals surface area contributed by atoms with Crippen molar-refractivity contribution in [3.8, 4) is 5.75 Å². The second kappa shape index (κ2) is 5.86. The van der Waals surface area contributed by atoms with Gasteiger partial charge < -0.3 is 10.1 Å². The number of methoxy groups -OCH3 is 1. The lowest BCUT2D eigenvalue weighted by atomic mass is 10.2. The van der Waals surface area contributed by atoms with Crippen molar-refractivity contribution < 1.29 is 9.53 Å². The number of rotatable bonds is 3. The molecule has 0 aliphatic rings. The minimum Gasteiger partial charge on any atom is -0.495 e. The summed E-state index contributed by atoms with van der Waals surface area (Å²) >= 11 is 11.5. The molecule has 1 N–H and O–H groups in total. The molecule has 1 amide bonds. The smallest absolute Gasteiger partial charge is 0.276 e. The first-order chi connectivity index (χ1) is 9.10.